The number of rotatable bonds is 5. The lowest BCUT2D eigenvalue weighted by molar-refractivity contribution is 0.0604. The van der Waals surface area contributed by atoms with Crippen molar-refractivity contribution in [3.05, 3.63) is 70.8 Å². The Balaban J connectivity index is 2.17. The van der Waals surface area contributed by atoms with Gasteiger partial charge < -0.3 is 10.8 Å². The molecule has 0 radical (unpaired) electrons. The molecule has 0 saturated carbocycles. The van der Waals surface area contributed by atoms with Gasteiger partial charge in [-0.2, -0.15) is 0 Å². The number of nitrogens with two attached hydrogens (primary N) is 1. The van der Waals surface area contributed by atoms with Crippen LogP contribution in [-0.2, 0) is 19.4 Å². The van der Waals surface area contributed by atoms with E-state index in [1.165, 1.54) is 11.1 Å². The first kappa shape index (κ1) is 14.8. The third kappa shape index (κ3) is 3.69. The van der Waals surface area contributed by atoms with Gasteiger partial charge in [0.1, 0.15) is 0 Å². The predicted octanol–water partition coefficient (Wildman–Crippen LogP) is 2.99. The lowest BCUT2D eigenvalue weighted by Gasteiger charge is -2.25. The quantitative estimate of drug-likeness (QED) is 0.876. The molecule has 2 aromatic carbocycles. The number of aryl methyl sites for hydroxylation is 1. The van der Waals surface area contributed by atoms with E-state index >= 15 is 0 Å². The Hall–Kier alpha value is -1.64. The summed E-state index contributed by atoms with van der Waals surface area (Å²) in [4.78, 5) is 0. The van der Waals surface area contributed by atoms with Crippen molar-refractivity contribution >= 4 is 0 Å². The van der Waals surface area contributed by atoms with Crippen molar-refractivity contribution in [2.24, 2.45) is 5.73 Å². The maximum absolute atomic E-state index is 10.7. The van der Waals surface area contributed by atoms with Crippen LogP contribution in [0.1, 0.15) is 29.2 Å². The molecule has 0 heterocycles. The first-order valence-electron chi connectivity index (χ1n) is 7.05. The van der Waals surface area contributed by atoms with Gasteiger partial charge in [0.25, 0.3) is 0 Å². The van der Waals surface area contributed by atoms with Gasteiger partial charge in [0.05, 0.1) is 5.60 Å². The van der Waals surface area contributed by atoms with Gasteiger partial charge in [-0.25, -0.2) is 0 Å². The van der Waals surface area contributed by atoms with Crippen LogP contribution in [0.25, 0.3) is 0 Å². The third-order valence-electron chi connectivity index (χ3n) is 3.74. The van der Waals surface area contributed by atoms with Gasteiger partial charge in [-0.1, -0.05) is 48.5 Å². The molecule has 1 unspecified atom stereocenters. The van der Waals surface area contributed by atoms with Gasteiger partial charge in [-0.05, 0) is 36.1 Å². The second-order valence-corrected chi connectivity index (χ2v) is 5.75. The summed E-state index contributed by atoms with van der Waals surface area (Å²) in [5.41, 5.74) is 9.66. The molecular weight excluding hydrogens is 246 g/mol. The number of hydrogen-bond donors (Lipinski definition) is 2. The number of hydrogen-bond acceptors (Lipinski definition) is 2. The Morgan fingerprint density at radius 1 is 0.900 bits per heavy atom. The maximum atomic E-state index is 10.7. The zero-order valence-electron chi connectivity index (χ0n) is 12.3. The molecule has 0 aliphatic heterocycles. The minimum absolute atomic E-state index is 0.511. The van der Waals surface area contributed by atoms with Gasteiger partial charge in [-0.3, -0.25) is 0 Å². The van der Waals surface area contributed by atoms with Crippen molar-refractivity contribution < 1.29 is 5.11 Å². The van der Waals surface area contributed by atoms with Crippen molar-refractivity contribution in [2.45, 2.75) is 38.8 Å². The van der Waals surface area contributed by atoms with E-state index in [0.717, 1.165) is 11.1 Å². The standard InChI is InChI=1S/C18H23NO/c1-14-7-3-4-8-15(14)11-18(2,20)12-16-9-5-6-10-17(16)13-19/h3-10,20H,11-13,19H2,1-2H3. The summed E-state index contributed by atoms with van der Waals surface area (Å²) < 4.78 is 0. The molecule has 2 rings (SSSR count). The molecule has 0 bridgehead atoms. The summed E-state index contributed by atoms with van der Waals surface area (Å²) in [6.07, 6.45) is 1.27. The zero-order valence-corrected chi connectivity index (χ0v) is 12.3. The lowest BCUT2D eigenvalue weighted by Crippen LogP contribution is -2.31. The van der Waals surface area contributed by atoms with E-state index in [2.05, 4.69) is 25.1 Å². The highest BCUT2D eigenvalue weighted by Gasteiger charge is 2.23. The average molecular weight is 269 g/mol. The highest BCUT2D eigenvalue weighted by atomic mass is 16.3. The second-order valence-electron chi connectivity index (χ2n) is 5.75. The summed E-state index contributed by atoms with van der Waals surface area (Å²) >= 11 is 0. The minimum Gasteiger partial charge on any atom is -0.389 e. The summed E-state index contributed by atoms with van der Waals surface area (Å²) in [5.74, 6) is 0. The molecule has 2 nitrogen and oxygen atoms in total. The maximum Gasteiger partial charge on any atom is 0.0700 e. The minimum atomic E-state index is -0.766. The molecule has 2 heteroatoms. The van der Waals surface area contributed by atoms with Crippen LogP contribution in [0, 0.1) is 6.92 Å². The third-order valence-corrected chi connectivity index (χ3v) is 3.74. The van der Waals surface area contributed by atoms with Crippen LogP contribution in [0.2, 0.25) is 0 Å². The van der Waals surface area contributed by atoms with Crippen LogP contribution in [-0.4, -0.2) is 10.7 Å². The van der Waals surface area contributed by atoms with Crippen LogP contribution < -0.4 is 5.73 Å². The fraction of sp³-hybridized carbons (Fsp3) is 0.333. The van der Waals surface area contributed by atoms with Gasteiger partial charge in [0, 0.05) is 19.4 Å². The molecule has 0 fully saturated rings. The van der Waals surface area contributed by atoms with Crippen molar-refractivity contribution in [3.63, 3.8) is 0 Å². The lowest BCUT2D eigenvalue weighted by atomic mass is 9.87. The van der Waals surface area contributed by atoms with Crippen LogP contribution in [0.15, 0.2) is 48.5 Å². The SMILES string of the molecule is Cc1ccccc1CC(C)(O)Cc1ccccc1CN. The Morgan fingerprint density at radius 2 is 1.40 bits per heavy atom. The van der Waals surface area contributed by atoms with E-state index < -0.39 is 5.60 Å². The largest absolute Gasteiger partial charge is 0.389 e. The van der Waals surface area contributed by atoms with E-state index in [0.29, 0.717) is 19.4 Å². The van der Waals surface area contributed by atoms with E-state index in [9.17, 15) is 5.11 Å². The van der Waals surface area contributed by atoms with Gasteiger partial charge in [-0.15, -0.1) is 0 Å². The van der Waals surface area contributed by atoms with Gasteiger partial charge in [0.2, 0.25) is 0 Å². The van der Waals surface area contributed by atoms with E-state index in [-0.39, 0.29) is 0 Å². The second kappa shape index (κ2) is 6.21. The number of aliphatic hydroxyl groups is 1. The van der Waals surface area contributed by atoms with Crippen LogP contribution in [0.5, 0.6) is 0 Å². The van der Waals surface area contributed by atoms with Crippen molar-refractivity contribution in [3.8, 4) is 0 Å². The Morgan fingerprint density at radius 3 is 2.00 bits per heavy atom. The smallest absolute Gasteiger partial charge is 0.0700 e. The summed E-state index contributed by atoms with van der Waals surface area (Å²) in [6.45, 7) is 4.49. The Kier molecular flexibility index (Phi) is 4.58. The van der Waals surface area contributed by atoms with Gasteiger partial charge in [0.15, 0.2) is 0 Å². The zero-order chi connectivity index (χ0) is 14.6. The molecular formula is C18H23NO. The Bertz CT molecular complexity index is 575. The molecule has 1 atom stereocenters. The molecule has 0 saturated heterocycles. The van der Waals surface area contributed by atoms with Crippen LogP contribution >= 0.6 is 0 Å². The van der Waals surface area contributed by atoms with Crippen LogP contribution in [0.3, 0.4) is 0 Å². The molecule has 2 aromatic rings. The fourth-order valence-electron chi connectivity index (χ4n) is 2.62. The monoisotopic (exact) mass is 269 g/mol. The van der Waals surface area contributed by atoms with E-state index in [1.807, 2.05) is 37.3 Å². The first-order valence-corrected chi connectivity index (χ1v) is 7.05. The van der Waals surface area contributed by atoms with E-state index in [1.54, 1.807) is 0 Å². The van der Waals surface area contributed by atoms with Crippen LogP contribution in [0.4, 0.5) is 0 Å². The molecule has 0 amide bonds. The number of benzene rings is 2. The normalized spacial score (nSPS) is 14.0. The van der Waals surface area contributed by atoms with E-state index in [4.69, 9.17) is 5.73 Å². The first-order chi connectivity index (χ1) is 9.52. The molecule has 20 heavy (non-hydrogen) atoms. The summed E-state index contributed by atoms with van der Waals surface area (Å²) in [7, 11) is 0. The molecule has 3 N–H and O–H groups in total. The van der Waals surface area contributed by atoms with Crippen molar-refractivity contribution in [1.29, 1.82) is 0 Å². The van der Waals surface area contributed by atoms with Crippen molar-refractivity contribution in [1.82, 2.24) is 0 Å². The average Bonchev–Trinajstić information content (AvgIpc) is 2.41. The Labute approximate surface area is 121 Å². The highest BCUT2D eigenvalue weighted by molar-refractivity contribution is 5.31. The molecule has 0 aromatic heterocycles. The van der Waals surface area contributed by atoms with Gasteiger partial charge >= 0.3 is 0 Å². The predicted molar refractivity (Wildman–Crippen MR) is 83.5 cm³/mol. The summed E-state index contributed by atoms with van der Waals surface area (Å²) in [5, 5.41) is 10.7. The highest BCUT2D eigenvalue weighted by Crippen LogP contribution is 2.22. The molecule has 106 valence electrons. The molecule has 0 aliphatic carbocycles. The van der Waals surface area contributed by atoms with Crippen molar-refractivity contribution in [2.75, 3.05) is 0 Å². The summed E-state index contributed by atoms with van der Waals surface area (Å²) in [6, 6.07) is 16.3. The molecule has 0 spiro atoms. The molecule has 0 aliphatic rings. The fourth-order valence-corrected chi connectivity index (χ4v) is 2.62. The topological polar surface area (TPSA) is 46.2 Å².